The Kier molecular flexibility index (Phi) is 4.94. The highest BCUT2D eigenvalue weighted by Gasteiger charge is 2.14. The molecule has 0 bridgehead atoms. The van der Waals surface area contributed by atoms with Crippen molar-refractivity contribution in [2.45, 2.75) is 45.4 Å². The summed E-state index contributed by atoms with van der Waals surface area (Å²) in [5.74, 6) is 0.289. The minimum atomic E-state index is -0.155. The molecule has 1 aliphatic rings. The number of carbonyl (C=O) groups is 1. The molecule has 0 aromatic heterocycles. The lowest BCUT2D eigenvalue weighted by atomic mass is 9.87. The minimum absolute atomic E-state index is 0.0989. The lowest BCUT2D eigenvalue weighted by Crippen LogP contribution is -2.19. The third-order valence-corrected chi connectivity index (χ3v) is 3.77. The summed E-state index contributed by atoms with van der Waals surface area (Å²) in [4.78, 5) is 12.0. The summed E-state index contributed by atoms with van der Waals surface area (Å²) in [6, 6.07) is 7.72. The molecule has 3 nitrogen and oxygen atoms in total. The molecule has 0 heterocycles. The lowest BCUT2D eigenvalue weighted by Gasteiger charge is -2.18. The number of hydrazone groups is 1. The first-order valence-corrected chi connectivity index (χ1v) is 7.56. The zero-order valence-corrected chi connectivity index (χ0v) is 13.1. The number of rotatable bonds is 3. The van der Waals surface area contributed by atoms with Gasteiger partial charge in [-0.3, -0.25) is 4.79 Å². The van der Waals surface area contributed by atoms with Crippen LogP contribution in [0.25, 0.3) is 0 Å². The summed E-state index contributed by atoms with van der Waals surface area (Å²) in [5, 5.41) is 4.08. The quantitative estimate of drug-likeness (QED) is 0.507. The van der Waals surface area contributed by atoms with Gasteiger partial charge in [0.2, 0.25) is 0 Å². The van der Waals surface area contributed by atoms with Crippen LogP contribution >= 0.6 is 0 Å². The highest BCUT2D eigenvalue weighted by molar-refractivity contribution is 5.94. The summed E-state index contributed by atoms with van der Waals surface area (Å²) < 4.78 is 0. The van der Waals surface area contributed by atoms with E-state index in [2.05, 4.69) is 43.5 Å². The zero-order valence-electron chi connectivity index (χ0n) is 13.1. The van der Waals surface area contributed by atoms with Gasteiger partial charge in [0.1, 0.15) is 0 Å². The monoisotopic (exact) mass is 284 g/mol. The molecule has 0 radical (unpaired) electrons. The molecule has 0 saturated carbocycles. The van der Waals surface area contributed by atoms with Crippen molar-refractivity contribution in [1.29, 1.82) is 0 Å². The van der Waals surface area contributed by atoms with Crippen LogP contribution in [0.1, 0.15) is 56.0 Å². The SMILES string of the molecule is CC(C)(C)c1ccc(C(=O)N/N=C\[C@H]2CC=CCC2)cc1. The van der Waals surface area contributed by atoms with Crippen LogP contribution in [0, 0.1) is 5.92 Å². The van der Waals surface area contributed by atoms with E-state index >= 15 is 0 Å². The molecule has 1 aromatic carbocycles. The number of carbonyl (C=O) groups excluding carboxylic acids is 1. The zero-order chi connectivity index (χ0) is 15.3. The van der Waals surface area contributed by atoms with Crippen molar-refractivity contribution in [3.63, 3.8) is 0 Å². The van der Waals surface area contributed by atoms with Gasteiger partial charge in [0.15, 0.2) is 0 Å². The molecule has 1 N–H and O–H groups in total. The molecule has 0 unspecified atom stereocenters. The van der Waals surface area contributed by atoms with Crippen molar-refractivity contribution >= 4 is 12.1 Å². The molecule has 1 atom stereocenters. The van der Waals surface area contributed by atoms with Crippen molar-refractivity contribution in [1.82, 2.24) is 5.43 Å². The number of allylic oxidation sites excluding steroid dienone is 2. The normalized spacial score (nSPS) is 18.9. The van der Waals surface area contributed by atoms with E-state index in [4.69, 9.17) is 0 Å². The van der Waals surface area contributed by atoms with Gasteiger partial charge in [-0.2, -0.15) is 5.10 Å². The Bertz CT molecular complexity index is 535. The van der Waals surface area contributed by atoms with E-state index < -0.39 is 0 Å². The summed E-state index contributed by atoms with van der Waals surface area (Å²) in [5.41, 5.74) is 4.57. The fourth-order valence-corrected chi connectivity index (χ4v) is 2.34. The molecule has 0 fully saturated rings. The maximum Gasteiger partial charge on any atom is 0.271 e. The summed E-state index contributed by atoms with van der Waals surface area (Å²) in [6.07, 6.45) is 9.44. The second-order valence-corrected chi connectivity index (χ2v) is 6.59. The van der Waals surface area contributed by atoms with E-state index in [0.717, 1.165) is 19.3 Å². The molecular weight excluding hydrogens is 260 g/mol. The molecule has 1 aromatic rings. The molecule has 1 aliphatic carbocycles. The van der Waals surface area contributed by atoms with Crippen LogP contribution in [0.15, 0.2) is 41.5 Å². The molecule has 112 valence electrons. The number of benzene rings is 1. The van der Waals surface area contributed by atoms with E-state index in [0.29, 0.717) is 11.5 Å². The Morgan fingerprint density at radius 1 is 1.24 bits per heavy atom. The van der Waals surface area contributed by atoms with E-state index in [-0.39, 0.29) is 11.3 Å². The average Bonchev–Trinajstić information content (AvgIpc) is 2.47. The predicted octanol–water partition coefficient (Wildman–Crippen LogP) is 4.06. The maximum atomic E-state index is 12.0. The van der Waals surface area contributed by atoms with Gasteiger partial charge in [-0.1, -0.05) is 45.1 Å². The average molecular weight is 284 g/mol. The molecular formula is C18H24N2O. The van der Waals surface area contributed by atoms with Crippen LogP contribution < -0.4 is 5.43 Å². The van der Waals surface area contributed by atoms with Crippen LogP contribution in [-0.4, -0.2) is 12.1 Å². The van der Waals surface area contributed by atoms with Crippen LogP contribution in [0.2, 0.25) is 0 Å². The molecule has 3 heteroatoms. The minimum Gasteiger partial charge on any atom is -0.267 e. The van der Waals surface area contributed by atoms with Gasteiger partial charge in [-0.15, -0.1) is 0 Å². The standard InChI is InChI=1S/C18H24N2O/c1-18(2,3)16-11-9-15(10-12-16)17(21)20-19-13-14-7-5-4-6-8-14/h4-5,9-14H,6-8H2,1-3H3,(H,20,21)/b19-13-/t14-/m0/s1. The van der Waals surface area contributed by atoms with Crippen molar-refractivity contribution in [3.05, 3.63) is 47.5 Å². The van der Waals surface area contributed by atoms with Crippen molar-refractivity contribution in [2.24, 2.45) is 11.0 Å². The van der Waals surface area contributed by atoms with Crippen LogP contribution in [0.5, 0.6) is 0 Å². The largest absolute Gasteiger partial charge is 0.271 e. The van der Waals surface area contributed by atoms with E-state index in [1.165, 1.54) is 5.56 Å². The first-order valence-electron chi connectivity index (χ1n) is 7.56. The highest BCUT2D eigenvalue weighted by atomic mass is 16.2. The first-order chi connectivity index (χ1) is 9.97. The molecule has 1 amide bonds. The second kappa shape index (κ2) is 6.70. The summed E-state index contributed by atoms with van der Waals surface area (Å²) >= 11 is 0. The Morgan fingerprint density at radius 3 is 2.52 bits per heavy atom. The summed E-state index contributed by atoms with van der Waals surface area (Å²) in [6.45, 7) is 6.47. The molecule has 0 spiro atoms. The van der Waals surface area contributed by atoms with Crippen molar-refractivity contribution in [3.8, 4) is 0 Å². The first kappa shape index (κ1) is 15.5. The summed E-state index contributed by atoms with van der Waals surface area (Å²) in [7, 11) is 0. The van der Waals surface area contributed by atoms with Gasteiger partial charge in [0.05, 0.1) is 0 Å². The number of hydrogen-bond acceptors (Lipinski definition) is 2. The fourth-order valence-electron chi connectivity index (χ4n) is 2.34. The Hall–Kier alpha value is -1.90. The number of hydrogen-bond donors (Lipinski definition) is 1. The smallest absolute Gasteiger partial charge is 0.267 e. The topological polar surface area (TPSA) is 41.5 Å². The number of nitrogens with one attached hydrogen (secondary N) is 1. The van der Waals surface area contributed by atoms with Crippen molar-refractivity contribution in [2.75, 3.05) is 0 Å². The Morgan fingerprint density at radius 2 is 1.95 bits per heavy atom. The van der Waals surface area contributed by atoms with Crippen LogP contribution in [0.3, 0.4) is 0 Å². The third kappa shape index (κ3) is 4.55. The highest BCUT2D eigenvalue weighted by Crippen LogP contribution is 2.22. The van der Waals surface area contributed by atoms with Crippen LogP contribution in [-0.2, 0) is 5.41 Å². The Labute approximate surface area is 127 Å². The van der Waals surface area contributed by atoms with Gasteiger partial charge in [0.25, 0.3) is 5.91 Å². The lowest BCUT2D eigenvalue weighted by molar-refractivity contribution is 0.0955. The third-order valence-electron chi connectivity index (χ3n) is 3.77. The van der Waals surface area contributed by atoms with E-state index in [1.807, 2.05) is 30.5 Å². The molecule has 0 aliphatic heterocycles. The van der Waals surface area contributed by atoms with Gasteiger partial charge in [0, 0.05) is 11.8 Å². The predicted molar refractivity (Wildman–Crippen MR) is 87.6 cm³/mol. The van der Waals surface area contributed by atoms with E-state index in [9.17, 15) is 4.79 Å². The fraction of sp³-hybridized carbons (Fsp3) is 0.444. The van der Waals surface area contributed by atoms with Gasteiger partial charge >= 0.3 is 0 Å². The van der Waals surface area contributed by atoms with Gasteiger partial charge < -0.3 is 0 Å². The number of nitrogens with zero attached hydrogens (tertiary/aromatic N) is 1. The second-order valence-electron chi connectivity index (χ2n) is 6.59. The molecule has 0 saturated heterocycles. The Balaban J connectivity index is 1.91. The van der Waals surface area contributed by atoms with Gasteiger partial charge in [-0.05, 0) is 48.3 Å². The maximum absolute atomic E-state index is 12.0. The van der Waals surface area contributed by atoms with Crippen molar-refractivity contribution < 1.29 is 4.79 Å². The van der Waals surface area contributed by atoms with Gasteiger partial charge in [-0.25, -0.2) is 5.43 Å². The van der Waals surface area contributed by atoms with E-state index in [1.54, 1.807) is 0 Å². The molecule has 21 heavy (non-hydrogen) atoms. The molecule has 2 rings (SSSR count). The van der Waals surface area contributed by atoms with Crippen LogP contribution in [0.4, 0.5) is 0 Å². The number of amides is 1.